The average Bonchev–Trinajstić information content (AvgIpc) is 2.66. The summed E-state index contributed by atoms with van der Waals surface area (Å²) in [6, 6.07) is 11.8. The van der Waals surface area contributed by atoms with Crippen molar-refractivity contribution < 1.29 is 17.9 Å². The van der Waals surface area contributed by atoms with Crippen LogP contribution >= 0.6 is 15.9 Å². The molecule has 0 spiro atoms. The highest BCUT2D eigenvalue weighted by Crippen LogP contribution is 2.40. The maximum atomic E-state index is 12.4. The molecule has 0 fully saturated rings. The lowest BCUT2D eigenvalue weighted by Gasteiger charge is -2.41. The van der Waals surface area contributed by atoms with E-state index in [1.54, 1.807) is 25.3 Å². The Morgan fingerprint density at radius 1 is 1.25 bits per heavy atom. The molecule has 2 atom stereocenters. The zero-order valence-electron chi connectivity index (χ0n) is 15.2. The summed E-state index contributed by atoms with van der Waals surface area (Å²) in [6.07, 6.45) is 1.19. The number of halogens is 1. The van der Waals surface area contributed by atoms with Gasteiger partial charge in [0.15, 0.2) is 0 Å². The number of urea groups is 1. The molecule has 0 bridgehead atoms. The molecule has 0 saturated carbocycles. The molecule has 2 aliphatic rings. The fraction of sp³-hybridized carbons (Fsp3) is 0.263. The number of rotatable bonds is 3. The monoisotopic (exact) mass is 463 g/mol. The van der Waals surface area contributed by atoms with Gasteiger partial charge in [0.05, 0.1) is 35.3 Å². The molecule has 0 aromatic heterocycles. The number of hydrogen-bond acceptors (Lipinski definition) is 4. The van der Waals surface area contributed by atoms with Crippen LogP contribution in [0.25, 0.3) is 0 Å². The van der Waals surface area contributed by atoms with Gasteiger partial charge in [-0.05, 0) is 39.7 Å². The minimum atomic E-state index is -3.49. The lowest BCUT2D eigenvalue weighted by atomic mass is 9.82. The minimum absolute atomic E-state index is 0.198. The van der Waals surface area contributed by atoms with Gasteiger partial charge in [0, 0.05) is 18.0 Å². The SMILES string of the molecule is COc1ccc(C2NC(=O)N=C3c4ccccc4N(S(C)(=O)=O)CC32)cc1Br. The van der Waals surface area contributed by atoms with Crippen molar-refractivity contribution in [2.75, 3.05) is 24.2 Å². The number of amides is 2. The second kappa shape index (κ2) is 6.89. The van der Waals surface area contributed by atoms with E-state index in [0.717, 1.165) is 10.0 Å². The van der Waals surface area contributed by atoms with Crippen molar-refractivity contribution in [3.8, 4) is 5.75 Å². The molecule has 4 rings (SSSR count). The number of ether oxygens (including phenoxy) is 1. The Labute approximate surface area is 171 Å². The van der Waals surface area contributed by atoms with E-state index < -0.39 is 22.1 Å². The third-order valence-electron chi connectivity index (χ3n) is 5.00. The Balaban J connectivity index is 1.85. The van der Waals surface area contributed by atoms with Crippen molar-refractivity contribution in [2.45, 2.75) is 6.04 Å². The second-order valence-electron chi connectivity index (χ2n) is 6.74. The molecule has 28 heavy (non-hydrogen) atoms. The first kappa shape index (κ1) is 18.9. The zero-order chi connectivity index (χ0) is 20.1. The van der Waals surface area contributed by atoms with Crippen LogP contribution in [0.5, 0.6) is 5.75 Å². The predicted molar refractivity (Wildman–Crippen MR) is 111 cm³/mol. The van der Waals surface area contributed by atoms with Crippen molar-refractivity contribution in [1.29, 1.82) is 0 Å². The predicted octanol–water partition coefficient (Wildman–Crippen LogP) is 3.11. The molecule has 2 amide bonds. The number of methoxy groups -OCH3 is 1. The maximum absolute atomic E-state index is 12.4. The number of carbonyl (C=O) groups excluding carboxylic acids is 1. The quantitative estimate of drug-likeness (QED) is 0.757. The first-order valence-electron chi connectivity index (χ1n) is 8.59. The van der Waals surface area contributed by atoms with Crippen molar-refractivity contribution in [3.63, 3.8) is 0 Å². The topological polar surface area (TPSA) is 88.1 Å². The molecular formula is C19H18BrN3O4S. The molecule has 7 nitrogen and oxygen atoms in total. The number of benzene rings is 2. The number of hydrogen-bond donors (Lipinski definition) is 1. The molecule has 1 N–H and O–H groups in total. The number of sulfonamides is 1. The van der Waals surface area contributed by atoms with Crippen LogP contribution in [0.1, 0.15) is 17.2 Å². The van der Waals surface area contributed by atoms with Gasteiger partial charge in [-0.1, -0.05) is 24.3 Å². The Bertz CT molecular complexity index is 1100. The van der Waals surface area contributed by atoms with E-state index >= 15 is 0 Å². The summed E-state index contributed by atoms with van der Waals surface area (Å²) >= 11 is 3.47. The highest BCUT2D eigenvalue weighted by atomic mass is 79.9. The van der Waals surface area contributed by atoms with Crippen molar-refractivity contribution in [1.82, 2.24) is 5.32 Å². The third-order valence-corrected chi connectivity index (χ3v) is 6.77. The van der Waals surface area contributed by atoms with Gasteiger partial charge in [-0.2, -0.15) is 4.99 Å². The molecule has 0 radical (unpaired) electrons. The largest absolute Gasteiger partial charge is 0.496 e. The Morgan fingerprint density at radius 3 is 2.68 bits per heavy atom. The Morgan fingerprint density at radius 2 is 2.00 bits per heavy atom. The maximum Gasteiger partial charge on any atom is 0.341 e. The van der Waals surface area contributed by atoms with Gasteiger partial charge in [-0.25, -0.2) is 13.2 Å². The number of para-hydroxylation sites is 1. The van der Waals surface area contributed by atoms with Crippen LogP contribution in [-0.4, -0.2) is 40.1 Å². The smallest absolute Gasteiger partial charge is 0.341 e. The molecular weight excluding hydrogens is 446 g/mol. The molecule has 146 valence electrons. The molecule has 2 aromatic carbocycles. The molecule has 9 heteroatoms. The van der Waals surface area contributed by atoms with Gasteiger partial charge in [0.2, 0.25) is 10.0 Å². The molecule has 0 saturated heterocycles. The van der Waals surface area contributed by atoms with E-state index in [1.165, 1.54) is 10.6 Å². The lowest BCUT2D eigenvalue weighted by molar-refractivity contribution is 0.240. The highest BCUT2D eigenvalue weighted by Gasteiger charge is 2.42. The van der Waals surface area contributed by atoms with Gasteiger partial charge in [-0.3, -0.25) is 4.31 Å². The fourth-order valence-electron chi connectivity index (χ4n) is 3.76. The first-order valence-corrected chi connectivity index (χ1v) is 11.2. The Kier molecular flexibility index (Phi) is 4.67. The van der Waals surface area contributed by atoms with Crippen LogP contribution in [0, 0.1) is 5.92 Å². The number of nitrogens with one attached hydrogen (secondary N) is 1. The summed E-state index contributed by atoms with van der Waals surface area (Å²) in [5.74, 6) is 0.356. The molecule has 2 unspecified atom stereocenters. The van der Waals surface area contributed by atoms with Crippen molar-refractivity contribution >= 4 is 43.4 Å². The summed E-state index contributed by atoms with van der Waals surface area (Å²) in [5.41, 5.74) is 2.66. The lowest BCUT2D eigenvalue weighted by Crippen LogP contribution is -2.51. The van der Waals surface area contributed by atoms with Crippen LogP contribution in [0.2, 0.25) is 0 Å². The van der Waals surface area contributed by atoms with Gasteiger partial charge in [-0.15, -0.1) is 0 Å². The second-order valence-corrected chi connectivity index (χ2v) is 9.50. The van der Waals surface area contributed by atoms with E-state index in [1.807, 2.05) is 24.3 Å². The van der Waals surface area contributed by atoms with E-state index in [-0.39, 0.29) is 12.5 Å². The van der Waals surface area contributed by atoms with E-state index in [0.29, 0.717) is 22.7 Å². The van der Waals surface area contributed by atoms with Gasteiger partial charge in [0.25, 0.3) is 0 Å². The summed E-state index contributed by atoms with van der Waals surface area (Å²) in [4.78, 5) is 16.5. The minimum Gasteiger partial charge on any atom is -0.496 e. The normalized spacial score (nSPS) is 21.3. The number of anilines is 1. The number of fused-ring (bicyclic) bond motifs is 3. The summed E-state index contributed by atoms with van der Waals surface area (Å²) in [5, 5.41) is 2.89. The number of nitrogens with zero attached hydrogens (tertiary/aromatic N) is 2. The Hall–Kier alpha value is -2.39. The van der Waals surface area contributed by atoms with Crippen LogP contribution in [-0.2, 0) is 10.0 Å². The summed E-state index contributed by atoms with van der Waals surface area (Å²) in [6.45, 7) is 0.198. The van der Waals surface area contributed by atoms with E-state index in [4.69, 9.17) is 4.74 Å². The first-order chi connectivity index (χ1) is 13.3. The number of aliphatic imine (C=N–C) groups is 1. The zero-order valence-corrected chi connectivity index (χ0v) is 17.6. The van der Waals surface area contributed by atoms with Crippen LogP contribution in [0.4, 0.5) is 10.5 Å². The van der Waals surface area contributed by atoms with Crippen LogP contribution in [0.15, 0.2) is 51.9 Å². The summed E-state index contributed by atoms with van der Waals surface area (Å²) < 4.78 is 32.3. The van der Waals surface area contributed by atoms with Gasteiger partial charge in [0.1, 0.15) is 5.75 Å². The van der Waals surface area contributed by atoms with Crippen LogP contribution in [0.3, 0.4) is 0 Å². The van der Waals surface area contributed by atoms with Gasteiger partial charge < -0.3 is 10.1 Å². The van der Waals surface area contributed by atoms with Gasteiger partial charge >= 0.3 is 6.03 Å². The molecule has 2 aromatic rings. The highest BCUT2D eigenvalue weighted by molar-refractivity contribution is 9.10. The van der Waals surface area contributed by atoms with Crippen LogP contribution < -0.4 is 14.4 Å². The summed E-state index contributed by atoms with van der Waals surface area (Å²) in [7, 11) is -1.91. The standard InChI is InChI=1S/C19H18BrN3O4S/c1-27-16-8-7-11(9-14(16)20)17-13-10-23(28(2,25)26)15-6-4-3-5-12(15)18(13)22-19(24)21-17/h3-9,13,17H,10H2,1-2H3,(H,21,24). The fourth-order valence-corrected chi connectivity index (χ4v) is 5.26. The van der Waals surface area contributed by atoms with E-state index in [2.05, 4.69) is 26.2 Å². The molecule has 2 heterocycles. The number of carbonyl (C=O) groups is 1. The third kappa shape index (κ3) is 3.18. The molecule has 0 aliphatic carbocycles. The van der Waals surface area contributed by atoms with Crippen molar-refractivity contribution in [3.05, 3.63) is 58.1 Å². The molecule has 2 aliphatic heterocycles. The van der Waals surface area contributed by atoms with Crippen molar-refractivity contribution in [2.24, 2.45) is 10.9 Å². The van der Waals surface area contributed by atoms with E-state index in [9.17, 15) is 13.2 Å². The average molecular weight is 464 g/mol.